The van der Waals surface area contributed by atoms with Gasteiger partial charge in [0.1, 0.15) is 0 Å². The Morgan fingerprint density at radius 3 is 2.39 bits per heavy atom. The van der Waals surface area contributed by atoms with Gasteiger partial charge in [-0.1, -0.05) is 28.1 Å². The number of carbonyl (C=O) groups excluding carboxylic acids is 1. The second-order valence-electron chi connectivity index (χ2n) is 3.30. The Balaban J connectivity index is 2.98. The molecular formula is C10H7BrF3NO3. The Hall–Kier alpha value is -1.57. The quantitative estimate of drug-likeness (QED) is 0.895. The molecule has 0 aromatic heterocycles. The lowest BCUT2D eigenvalue weighted by molar-refractivity contribution is -0.175. The molecule has 0 spiro atoms. The SMILES string of the molecule is O=C(O)[C@H](NC(=O)C(F)(F)F)c1cccc(Br)c1. The van der Waals surface area contributed by atoms with Crippen LogP contribution in [0.2, 0.25) is 0 Å². The number of amides is 1. The molecule has 0 bridgehead atoms. The van der Waals surface area contributed by atoms with Crippen LogP contribution in [0.3, 0.4) is 0 Å². The first-order chi connectivity index (χ1) is 8.21. The predicted octanol–water partition coefficient (Wildman–Crippen LogP) is 2.25. The second kappa shape index (κ2) is 5.38. The number of hydrogen-bond acceptors (Lipinski definition) is 2. The smallest absolute Gasteiger partial charge is 0.471 e. The number of halogens is 4. The third-order valence-electron chi connectivity index (χ3n) is 1.96. The number of rotatable bonds is 3. The highest BCUT2D eigenvalue weighted by atomic mass is 79.9. The van der Waals surface area contributed by atoms with Crippen LogP contribution >= 0.6 is 15.9 Å². The van der Waals surface area contributed by atoms with Gasteiger partial charge in [-0.25, -0.2) is 4.79 Å². The van der Waals surface area contributed by atoms with Crippen molar-refractivity contribution in [1.82, 2.24) is 5.32 Å². The maximum Gasteiger partial charge on any atom is 0.471 e. The summed E-state index contributed by atoms with van der Waals surface area (Å²) in [6, 6.07) is 3.90. The maximum atomic E-state index is 12.1. The molecule has 98 valence electrons. The summed E-state index contributed by atoms with van der Waals surface area (Å²) < 4.78 is 36.7. The summed E-state index contributed by atoms with van der Waals surface area (Å²) in [5, 5.41) is 10.3. The molecule has 1 atom stereocenters. The average molecular weight is 326 g/mol. The number of benzene rings is 1. The van der Waals surface area contributed by atoms with E-state index in [1.165, 1.54) is 23.5 Å². The molecule has 0 unspecified atom stereocenters. The van der Waals surface area contributed by atoms with E-state index in [1.807, 2.05) is 0 Å². The van der Waals surface area contributed by atoms with Crippen molar-refractivity contribution in [3.63, 3.8) is 0 Å². The van der Waals surface area contributed by atoms with Crippen LogP contribution in [0.25, 0.3) is 0 Å². The molecule has 0 saturated heterocycles. The Bertz CT molecular complexity index is 476. The Kier molecular flexibility index (Phi) is 4.33. The van der Waals surface area contributed by atoms with Crippen molar-refractivity contribution in [2.45, 2.75) is 12.2 Å². The van der Waals surface area contributed by atoms with Crippen LogP contribution in [0.1, 0.15) is 11.6 Å². The third-order valence-corrected chi connectivity index (χ3v) is 2.46. The van der Waals surface area contributed by atoms with Crippen molar-refractivity contribution >= 4 is 27.8 Å². The van der Waals surface area contributed by atoms with Crippen molar-refractivity contribution in [2.24, 2.45) is 0 Å². The van der Waals surface area contributed by atoms with Crippen molar-refractivity contribution < 1.29 is 27.9 Å². The summed E-state index contributed by atoms with van der Waals surface area (Å²) in [6.07, 6.45) is -5.13. The summed E-state index contributed by atoms with van der Waals surface area (Å²) in [4.78, 5) is 21.6. The molecule has 2 N–H and O–H groups in total. The molecule has 4 nitrogen and oxygen atoms in total. The van der Waals surface area contributed by atoms with E-state index < -0.39 is 24.1 Å². The summed E-state index contributed by atoms with van der Waals surface area (Å²) in [6.45, 7) is 0. The molecule has 0 heterocycles. The van der Waals surface area contributed by atoms with E-state index in [1.54, 1.807) is 6.07 Å². The van der Waals surface area contributed by atoms with Gasteiger partial charge in [-0.3, -0.25) is 4.79 Å². The standard InChI is InChI=1S/C10H7BrF3NO3/c11-6-3-1-2-5(4-6)7(8(16)17)15-9(18)10(12,13)14/h1-4,7H,(H,15,18)(H,16,17)/t7-/m1/s1. The van der Waals surface area contributed by atoms with Gasteiger partial charge < -0.3 is 10.4 Å². The summed E-state index contributed by atoms with van der Waals surface area (Å²) in [5.41, 5.74) is 0.0366. The molecule has 0 aliphatic heterocycles. The number of hydrogen-bond donors (Lipinski definition) is 2. The van der Waals surface area contributed by atoms with Crippen LogP contribution in [0.4, 0.5) is 13.2 Å². The number of nitrogens with one attached hydrogen (secondary N) is 1. The van der Waals surface area contributed by atoms with E-state index in [0.29, 0.717) is 4.47 Å². The van der Waals surface area contributed by atoms with Crippen molar-refractivity contribution in [3.05, 3.63) is 34.3 Å². The molecule has 0 saturated carbocycles. The topological polar surface area (TPSA) is 66.4 Å². The molecule has 1 amide bonds. The molecule has 1 rings (SSSR count). The van der Waals surface area contributed by atoms with E-state index in [2.05, 4.69) is 15.9 Å². The number of carboxylic acid groups (broad SMARTS) is 1. The first-order valence-electron chi connectivity index (χ1n) is 4.58. The molecule has 0 aliphatic rings. The van der Waals surface area contributed by atoms with Crippen LogP contribution in [-0.2, 0) is 9.59 Å². The molecule has 0 radical (unpaired) electrons. The van der Waals surface area contributed by atoms with Crippen molar-refractivity contribution in [3.8, 4) is 0 Å². The van der Waals surface area contributed by atoms with E-state index in [9.17, 15) is 22.8 Å². The molecular weight excluding hydrogens is 319 g/mol. The van der Waals surface area contributed by atoms with Gasteiger partial charge in [0.15, 0.2) is 6.04 Å². The normalized spacial score (nSPS) is 12.9. The highest BCUT2D eigenvalue weighted by Gasteiger charge is 2.41. The summed E-state index contributed by atoms with van der Waals surface area (Å²) in [5.74, 6) is -3.87. The van der Waals surface area contributed by atoms with Crippen LogP contribution in [-0.4, -0.2) is 23.2 Å². The van der Waals surface area contributed by atoms with Gasteiger partial charge in [-0.15, -0.1) is 0 Å². The zero-order valence-electron chi connectivity index (χ0n) is 8.66. The Morgan fingerprint density at radius 2 is 1.94 bits per heavy atom. The first kappa shape index (κ1) is 14.5. The Morgan fingerprint density at radius 1 is 1.33 bits per heavy atom. The van der Waals surface area contributed by atoms with Gasteiger partial charge in [-0.05, 0) is 17.7 Å². The molecule has 0 aliphatic carbocycles. The minimum Gasteiger partial charge on any atom is -0.479 e. The fourth-order valence-corrected chi connectivity index (χ4v) is 1.60. The van der Waals surface area contributed by atoms with Gasteiger partial charge >= 0.3 is 18.1 Å². The third kappa shape index (κ3) is 3.73. The highest BCUT2D eigenvalue weighted by molar-refractivity contribution is 9.10. The molecule has 1 aromatic carbocycles. The number of carbonyl (C=O) groups is 2. The van der Waals surface area contributed by atoms with Gasteiger partial charge in [0, 0.05) is 4.47 Å². The van der Waals surface area contributed by atoms with E-state index in [-0.39, 0.29) is 5.56 Å². The fraction of sp³-hybridized carbons (Fsp3) is 0.200. The van der Waals surface area contributed by atoms with Crippen molar-refractivity contribution in [1.29, 1.82) is 0 Å². The predicted molar refractivity (Wildman–Crippen MR) is 58.7 cm³/mol. The lowest BCUT2D eigenvalue weighted by Crippen LogP contribution is -2.41. The van der Waals surface area contributed by atoms with Crippen LogP contribution in [0.5, 0.6) is 0 Å². The zero-order valence-corrected chi connectivity index (χ0v) is 10.2. The molecule has 1 aromatic rings. The highest BCUT2D eigenvalue weighted by Crippen LogP contribution is 2.21. The lowest BCUT2D eigenvalue weighted by atomic mass is 10.1. The molecule has 8 heteroatoms. The zero-order chi connectivity index (χ0) is 13.9. The maximum absolute atomic E-state index is 12.1. The second-order valence-corrected chi connectivity index (χ2v) is 4.21. The molecule has 0 fully saturated rings. The lowest BCUT2D eigenvalue weighted by Gasteiger charge is -2.16. The van der Waals surface area contributed by atoms with Crippen molar-refractivity contribution in [2.75, 3.05) is 0 Å². The summed E-state index contributed by atoms with van der Waals surface area (Å²) in [7, 11) is 0. The first-order valence-corrected chi connectivity index (χ1v) is 5.37. The minimum absolute atomic E-state index is 0.0366. The van der Waals surface area contributed by atoms with E-state index >= 15 is 0 Å². The van der Waals surface area contributed by atoms with Gasteiger partial charge in [0.25, 0.3) is 0 Å². The minimum atomic E-state index is -5.13. The van der Waals surface area contributed by atoms with E-state index in [4.69, 9.17) is 5.11 Å². The number of aliphatic carboxylic acids is 1. The largest absolute Gasteiger partial charge is 0.479 e. The number of carboxylic acids is 1. The monoisotopic (exact) mass is 325 g/mol. The average Bonchev–Trinajstić information content (AvgIpc) is 2.23. The fourth-order valence-electron chi connectivity index (χ4n) is 1.19. The van der Waals surface area contributed by atoms with Crippen LogP contribution in [0, 0.1) is 0 Å². The van der Waals surface area contributed by atoms with Gasteiger partial charge in [0.2, 0.25) is 0 Å². The van der Waals surface area contributed by atoms with Crippen LogP contribution in [0.15, 0.2) is 28.7 Å². The Labute approximate surface area is 108 Å². The van der Waals surface area contributed by atoms with Gasteiger partial charge in [0.05, 0.1) is 0 Å². The van der Waals surface area contributed by atoms with E-state index in [0.717, 1.165) is 0 Å². The molecule has 18 heavy (non-hydrogen) atoms. The van der Waals surface area contributed by atoms with Gasteiger partial charge in [-0.2, -0.15) is 13.2 Å². The number of alkyl halides is 3. The van der Waals surface area contributed by atoms with Crippen LogP contribution < -0.4 is 5.32 Å². The summed E-state index contributed by atoms with van der Waals surface area (Å²) >= 11 is 3.06.